The smallest absolute Gasteiger partial charge is 0.278 e. The van der Waals surface area contributed by atoms with Gasteiger partial charge >= 0.3 is 0 Å². The van der Waals surface area contributed by atoms with E-state index in [1.165, 1.54) is 10.9 Å². The molecule has 166 valence electrons. The highest BCUT2D eigenvalue weighted by Gasteiger charge is 2.55. The summed E-state index contributed by atoms with van der Waals surface area (Å²) >= 11 is 0. The van der Waals surface area contributed by atoms with E-state index < -0.39 is 5.56 Å². The van der Waals surface area contributed by atoms with Crippen molar-refractivity contribution < 1.29 is 15.0 Å². The van der Waals surface area contributed by atoms with Crippen molar-refractivity contribution in [1.82, 2.24) is 19.5 Å². The lowest BCUT2D eigenvalue weighted by molar-refractivity contribution is -0.129. The van der Waals surface area contributed by atoms with Crippen LogP contribution in [0.25, 0.3) is 16.9 Å². The lowest BCUT2D eigenvalue weighted by Crippen LogP contribution is -2.42. The molecule has 0 aliphatic heterocycles. The van der Waals surface area contributed by atoms with E-state index in [0.29, 0.717) is 29.7 Å². The molecular formula is C23H25N5O4. The van der Waals surface area contributed by atoms with Crippen molar-refractivity contribution in [2.75, 3.05) is 5.73 Å². The molecular weight excluding hydrogens is 410 g/mol. The molecule has 0 bridgehead atoms. The SMILES string of the molecule is C[C@]12CC[C@@H]3c4c(cc(O)c(O)c4-n4cnc5nc(N)[nH]c(=O)c54)CC[C@H]3[C@@H]1CCC2=O. The van der Waals surface area contributed by atoms with Crippen molar-refractivity contribution >= 4 is 22.9 Å². The molecule has 3 aliphatic carbocycles. The fraction of sp³-hybridized carbons (Fsp3) is 0.478. The molecule has 9 heteroatoms. The van der Waals surface area contributed by atoms with Crippen LogP contribution in [-0.4, -0.2) is 35.5 Å². The number of carbonyl (C=O) groups is 1. The molecule has 5 N–H and O–H groups in total. The number of phenols is 2. The molecule has 0 amide bonds. The van der Waals surface area contributed by atoms with Gasteiger partial charge in [-0.1, -0.05) is 6.92 Å². The van der Waals surface area contributed by atoms with Crippen molar-refractivity contribution in [3.63, 3.8) is 0 Å². The average molecular weight is 435 g/mol. The molecule has 0 radical (unpaired) electrons. The van der Waals surface area contributed by atoms with E-state index in [2.05, 4.69) is 21.9 Å². The number of carbonyl (C=O) groups excluding carboxylic acids is 1. The molecule has 3 aromatic rings. The van der Waals surface area contributed by atoms with Crippen LogP contribution in [0.5, 0.6) is 11.5 Å². The molecule has 0 spiro atoms. The standard InChI is InChI=1S/C23H25N5O4/c1-23-7-6-12-11(13(23)4-5-15(23)30)3-2-10-8-14(29)19(31)17(16(10)12)28-9-25-20-18(28)21(32)27-22(24)26-20/h8-9,11-13,29,31H,2-7H2,1H3,(H3,24,26,27,32)/t11-,12+,13+,23+/m1/s1. The van der Waals surface area contributed by atoms with E-state index in [0.717, 1.165) is 43.2 Å². The number of nitrogen functional groups attached to an aromatic ring is 1. The van der Waals surface area contributed by atoms with Gasteiger partial charge in [0.05, 0.1) is 5.69 Å². The molecule has 2 saturated carbocycles. The number of fused-ring (bicyclic) bond motifs is 6. The van der Waals surface area contributed by atoms with Crippen LogP contribution in [0.15, 0.2) is 17.2 Å². The molecule has 6 rings (SSSR count). The monoisotopic (exact) mass is 435 g/mol. The molecule has 3 aliphatic rings. The van der Waals surface area contributed by atoms with Gasteiger partial charge in [-0.2, -0.15) is 4.98 Å². The van der Waals surface area contributed by atoms with Crippen LogP contribution in [0.1, 0.15) is 56.1 Å². The fourth-order valence-corrected chi connectivity index (χ4v) is 6.84. The first-order valence-corrected chi connectivity index (χ1v) is 11.1. The summed E-state index contributed by atoms with van der Waals surface area (Å²) in [5, 5.41) is 21.5. The number of nitrogens with one attached hydrogen (secondary N) is 1. The number of ketones is 1. The molecule has 2 fully saturated rings. The summed E-state index contributed by atoms with van der Waals surface area (Å²) in [5.41, 5.74) is 7.55. The van der Waals surface area contributed by atoms with Crippen LogP contribution in [-0.2, 0) is 11.2 Å². The molecule has 9 nitrogen and oxygen atoms in total. The fourth-order valence-electron chi connectivity index (χ4n) is 6.84. The maximum Gasteiger partial charge on any atom is 0.278 e. The number of rotatable bonds is 1. The van der Waals surface area contributed by atoms with Crippen molar-refractivity contribution in [3.05, 3.63) is 33.9 Å². The van der Waals surface area contributed by atoms with E-state index in [4.69, 9.17) is 5.73 Å². The zero-order valence-corrected chi connectivity index (χ0v) is 17.8. The van der Waals surface area contributed by atoms with E-state index in [1.807, 2.05) is 0 Å². The van der Waals surface area contributed by atoms with Gasteiger partial charge in [0.15, 0.2) is 22.7 Å². The first kappa shape index (κ1) is 19.3. The number of hydrogen-bond donors (Lipinski definition) is 4. The van der Waals surface area contributed by atoms with E-state index in [1.54, 1.807) is 6.07 Å². The highest BCUT2D eigenvalue weighted by Crippen LogP contribution is 2.61. The van der Waals surface area contributed by atoms with Crippen molar-refractivity contribution in [1.29, 1.82) is 0 Å². The van der Waals surface area contributed by atoms with Gasteiger partial charge < -0.3 is 15.9 Å². The summed E-state index contributed by atoms with van der Waals surface area (Å²) in [6, 6.07) is 1.64. The van der Waals surface area contributed by atoms with Gasteiger partial charge in [0, 0.05) is 11.8 Å². The second-order valence-corrected chi connectivity index (χ2v) is 9.74. The number of aromatic amines is 1. The minimum atomic E-state index is -0.466. The van der Waals surface area contributed by atoms with Crippen LogP contribution >= 0.6 is 0 Å². The Balaban J connectivity index is 1.59. The number of nitrogens with two attached hydrogens (primary N) is 1. The van der Waals surface area contributed by atoms with Gasteiger partial charge in [0.25, 0.3) is 5.56 Å². The van der Waals surface area contributed by atoms with Crippen LogP contribution in [0, 0.1) is 17.3 Å². The Morgan fingerprint density at radius 3 is 2.84 bits per heavy atom. The molecule has 0 saturated heterocycles. The zero-order valence-electron chi connectivity index (χ0n) is 17.8. The third kappa shape index (κ3) is 2.39. The van der Waals surface area contributed by atoms with Crippen molar-refractivity contribution in [3.8, 4) is 17.2 Å². The minimum Gasteiger partial charge on any atom is -0.504 e. The van der Waals surface area contributed by atoms with Crippen LogP contribution in [0.3, 0.4) is 0 Å². The highest BCUT2D eigenvalue weighted by atomic mass is 16.3. The number of nitrogens with zero attached hydrogens (tertiary/aromatic N) is 3. The third-order valence-electron chi connectivity index (χ3n) is 8.31. The van der Waals surface area contributed by atoms with Crippen molar-refractivity contribution in [2.24, 2.45) is 17.3 Å². The number of phenolic OH excluding ortho intramolecular Hbond substituents is 2. The third-order valence-corrected chi connectivity index (χ3v) is 8.31. The Morgan fingerprint density at radius 2 is 2.03 bits per heavy atom. The Hall–Kier alpha value is -3.36. The maximum absolute atomic E-state index is 12.7. The maximum atomic E-state index is 12.7. The Kier molecular flexibility index (Phi) is 3.83. The van der Waals surface area contributed by atoms with Crippen LogP contribution < -0.4 is 11.3 Å². The second kappa shape index (κ2) is 6.34. The normalized spacial score (nSPS) is 29.0. The van der Waals surface area contributed by atoms with Gasteiger partial charge in [-0.05, 0) is 67.1 Å². The number of aryl methyl sites for hydroxylation is 1. The minimum absolute atomic E-state index is 0.0348. The van der Waals surface area contributed by atoms with Gasteiger partial charge in [-0.25, -0.2) is 4.98 Å². The van der Waals surface area contributed by atoms with E-state index in [9.17, 15) is 19.8 Å². The molecule has 4 atom stereocenters. The van der Waals surface area contributed by atoms with Crippen LogP contribution in [0.2, 0.25) is 0 Å². The zero-order chi connectivity index (χ0) is 22.4. The first-order valence-electron chi connectivity index (χ1n) is 11.1. The number of Topliss-reactive ketones (excluding diaryl/α,β-unsaturated/α-hetero) is 1. The van der Waals surface area contributed by atoms with E-state index >= 15 is 0 Å². The lowest BCUT2D eigenvalue weighted by Gasteiger charge is -2.48. The average Bonchev–Trinajstić information content (AvgIpc) is 3.30. The number of anilines is 1. The van der Waals surface area contributed by atoms with E-state index in [-0.39, 0.29) is 39.9 Å². The summed E-state index contributed by atoms with van der Waals surface area (Å²) < 4.78 is 1.52. The van der Waals surface area contributed by atoms with Crippen LogP contribution in [0.4, 0.5) is 5.95 Å². The van der Waals surface area contributed by atoms with Gasteiger partial charge in [0.2, 0.25) is 5.95 Å². The molecule has 2 heterocycles. The molecule has 0 unspecified atom stereocenters. The number of aromatic hydroxyl groups is 2. The first-order chi connectivity index (χ1) is 15.3. The van der Waals surface area contributed by atoms with Gasteiger partial charge in [-0.15, -0.1) is 0 Å². The van der Waals surface area contributed by atoms with Gasteiger partial charge in [0.1, 0.15) is 12.1 Å². The predicted octanol–water partition coefficient (Wildman–Crippen LogP) is 2.53. The molecule has 1 aromatic carbocycles. The number of aromatic nitrogens is 4. The number of imidazole rings is 1. The summed E-state index contributed by atoms with van der Waals surface area (Å²) in [6.45, 7) is 2.12. The lowest BCUT2D eigenvalue weighted by atomic mass is 9.55. The second-order valence-electron chi connectivity index (χ2n) is 9.74. The number of benzene rings is 1. The summed E-state index contributed by atoms with van der Waals surface area (Å²) in [6.07, 6.45) is 6.30. The summed E-state index contributed by atoms with van der Waals surface area (Å²) in [4.78, 5) is 36.2. The quantitative estimate of drug-likeness (QED) is 0.429. The summed E-state index contributed by atoms with van der Waals surface area (Å²) in [5.74, 6) is 0.588. The predicted molar refractivity (Wildman–Crippen MR) is 117 cm³/mol. The van der Waals surface area contributed by atoms with Gasteiger partial charge in [-0.3, -0.25) is 19.1 Å². The Morgan fingerprint density at radius 1 is 1.22 bits per heavy atom. The number of H-pyrrole nitrogens is 1. The topological polar surface area (TPSA) is 147 Å². The van der Waals surface area contributed by atoms with Crippen molar-refractivity contribution in [2.45, 2.75) is 51.4 Å². The Labute approximate surface area is 183 Å². The largest absolute Gasteiger partial charge is 0.504 e. The molecule has 2 aromatic heterocycles. The highest BCUT2D eigenvalue weighted by molar-refractivity contribution is 5.87. The summed E-state index contributed by atoms with van der Waals surface area (Å²) in [7, 11) is 0. The number of hydrogen-bond acceptors (Lipinski definition) is 7. The molecule has 32 heavy (non-hydrogen) atoms. The Bertz CT molecular complexity index is 1360.